The Kier molecular flexibility index (Phi) is 5.72. The number of fused-ring (bicyclic) bond motifs is 3. The molecule has 0 heterocycles. The number of carbonyl (C=O) groups is 1. The minimum Gasteiger partial charge on any atom is -0.508 e. The lowest BCUT2D eigenvalue weighted by molar-refractivity contribution is 0.143. The number of rotatable bonds is 4. The molecule has 0 radical (unpaired) electrons. The molecule has 4 rings (SSSR count). The second-order valence-corrected chi connectivity index (χ2v) is 7.36. The summed E-state index contributed by atoms with van der Waals surface area (Å²) in [5.74, 6) is 6.26. The molecule has 150 valence electrons. The number of phenolic OH excluding ortho intramolecular Hbond substituents is 1. The second kappa shape index (κ2) is 8.75. The van der Waals surface area contributed by atoms with Crippen molar-refractivity contribution in [2.24, 2.45) is 0 Å². The standard InChI is InChI=1S/C26H23NO3/c1-18-14-19(16-20(28)15-18)8-6-7-13-27-26(29)30-17-25-23-11-4-2-9-21(23)22-10-3-5-12-24(22)25/h2-5,9-12,14-16,25,28H,7,13,17H2,1H3,(H,27,29). The average Bonchev–Trinajstić information content (AvgIpc) is 3.05. The van der Waals surface area contributed by atoms with Gasteiger partial charge in [0.05, 0.1) is 0 Å². The summed E-state index contributed by atoms with van der Waals surface area (Å²) >= 11 is 0. The predicted octanol–water partition coefficient (Wildman–Crippen LogP) is 4.98. The first kappa shape index (κ1) is 19.6. The Bertz CT molecular complexity index is 1070. The van der Waals surface area contributed by atoms with E-state index in [9.17, 15) is 9.90 Å². The van der Waals surface area contributed by atoms with E-state index in [0.29, 0.717) is 19.6 Å². The molecular weight excluding hydrogens is 374 g/mol. The molecule has 0 unspecified atom stereocenters. The maximum Gasteiger partial charge on any atom is 0.407 e. The number of aryl methyl sites for hydroxylation is 1. The minimum atomic E-state index is -0.438. The monoisotopic (exact) mass is 397 g/mol. The topological polar surface area (TPSA) is 58.6 Å². The first-order valence-electron chi connectivity index (χ1n) is 10.00. The molecule has 0 atom stereocenters. The van der Waals surface area contributed by atoms with E-state index in [1.165, 1.54) is 22.3 Å². The molecule has 0 saturated carbocycles. The number of ether oxygens (including phenoxy) is 1. The fourth-order valence-electron chi connectivity index (χ4n) is 3.88. The number of alkyl carbamates (subject to hydrolysis) is 1. The van der Waals surface area contributed by atoms with E-state index in [2.05, 4.69) is 41.4 Å². The van der Waals surface area contributed by atoms with Gasteiger partial charge in [-0.25, -0.2) is 4.79 Å². The highest BCUT2D eigenvalue weighted by molar-refractivity contribution is 5.79. The second-order valence-electron chi connectivity index (χ2n) is 7.36. The summed E-state index contributed by atoms with van der Waals surface area (Å²) in [6, 6.07) is 21.7. The van der Waals surface area contributed by atoms with Crippen LogP contribution in [0.4, 0.5) is 4.79 Å². The van der Waals surface area contributed by atoms with Crippen molar-refractivity contribution in [3.63, 3.8) is 0 Å². The highest BCUT2D eigenvalue weighted by Crippen LogP contribution is 2.44. The number of nitrogens with one attached hydrogen (secondary N) is 1. The van der Waals surface area contributed by atoms with Gasteiger partial charge in [0.1, 0.15) is 12.4 Å². The average molecular weight is 397 g/mol. The van der Waals surface area contributed by atoms with E-state index in [4.69, 9.17) is 4.74 Å². The molecule has 0 aliphatic heterocycles. The van der Waals surface area contributed by atoms with Crippen LogP contribution < -0.4 is 5.32 Å². The lowest BCUT2D eigenvalue weighted by Gasteiger charge is -2.14. The summed E-state index contributed by atoms with van der Waals surface area (Å²) in [5, 5.41) is 12.4. The molecule has 0 spiro atoms. The first-order valence-corrected chi connectivity index (χ1v) is 10.00. The van der Waals surface area contributed by atoms with Gasteiger partial charge in [-0.2, -0.15) is 0 Å². The van der Waals surface area contributed by atoms with Gasteiger partial charge in [-0.3, -0.25) is 0 Å². The normalized spacial score (nSPS) is 11.8. The van der Waals surface area contributed by atoms with Crippen LogP contribution in [0.5, 0.6) is 5.75 Å². The summed E-state index contributed by atoms with van der Waals surface area (Å²) in [6.07, 6.45) is 0.0608. The number of hydrogen-bond acceptors (Lipinski definition) is 3. The molecule has 0 fully saturated rings. The SMILES string of the molecule is Cc1cc(O)cc(C#CCCNC(=O)OCC2c3ccccc3-c3ccccc32)c1. The third kappa shape index (κ3) is 4.31. The Morgan fingerprint density at radius 1 is 1.03 bits per heavy atom. The van der Waals surface area contributed by atoms with E-state index < -0.39 is 6.09 Å². The van der Waals surface area contributed by atoms with Crippen molar-refractivity contribution in [1.82, 2.24) is 5.32 Å². The zero-order valence-corrected chi connectivity index (χ0v) is 16.8. The lowest BCUT2D eigenvalue weighted by atomic mass is 9.98. The number of aromatic hydroxyl groups is 1. The maximum absolute atomic E-state index is 12.1. The quantitative estimate of drug-likeness (QED) is 0.482. The van der Waals surface area contributed by atoms with Crippen molar-refractivity contribution in [2.45, 2.75) is 19.3 Å². The van der Waals surface area contributed by atoms with Crippen LogP contribution in [0.2, 0.25) is 0 Å². The van der Waals surface area contributed by atoms with Gasteiger partial charge >= 0.3 is 6.09 Å². The van der Waals surface area contributed by atoms with Crippen molar-refractivity contribution in [3.05, 3.63) is 89.0 Å². The van der Waals surface area contributed by atoms with Gasteiger partial charge < -0.3 is 15.2 Å². The Morgan fingerprint density at radius 2 is 1.70 bits per heavy atom. The van der Waals surface area contributed by atoms with Crippen LogP contribution in [-0.4, -0.2) is 24.4 Å². The zero-order valence-electron chi connectivity index (χ0n) is 16.8. The Hall–Kier alpha value is -3.71. The molecule has 1 aliphatic rings. The summed E-state index contributed by atoms with van der Waals surface area (Å²) in [6.45, 7) is 2.61. The van der Waals surface area contributed by atoms with Gasteiger partial charge in [0, 0.05) is 24.4 Å². The van der Waals surface area contributed by atoms with Crippen molar-refractivity contribution in [2.75, 3.05) is 13.2 Å². The van der Waals surface area contributed by atoms with Gasteiger partial charge in [-0.1, -0.05) is 60.4 Å². The largest absolute Gasteiger partial charge is 0.508 e. The summed E-state index contributed by atoms with van der Waals surface area (Å²) in [4.78, 5) is 12.1. The lowest BCUT2D eigenvalue weighted by Crippen LogP contribution is -2.26. The van der Waals surface area contributed by atoms with Gasteiger partial charge in [0.25, 0.3) is 0 Å². The fraction of sp³-hybridized carbons (Fsp3) is 0.192. The van der Waals surface area contributed by atoms with Crippen molar-refractivity contribution in [3.8, 4) is 28.7 Å². The van der Waals surface area contributed by atoms with Gasteiger partial charge in [0.15, 0.2) is 0 Å². The third-order valence-corrected chi connectivity index (χ3v) is 5.16. The molecule has 1 amide bonds. The smallest absolute Gasteiger partial charge is 0.407 e. The Morgan fingerprint density at radius 3 is 2.37 bits per heavy atom. The van der Waals surface area contributed by atoms with E-state index in [-0.39, 0.29) is 11.7 Å². The summed E-state index contributed by atoms with van der Waals surface area (Å²) in [5.41, 5.74) is 6.52. The fourth-order valence-corrected chi connectivity index (χ4v) is 3.88. The van der Waals surface area contributed by atoms with Gasteiger partial charge in [-0.15, -0.1) is 0 Å². The number of benzene rings is 3. The maximum atomic E-state index is 12.1. The van der Waals surface area contributed by atoms with Crippen LogP contribution in [-0.2, 0) is 4.74 Å². The Labute approximate surface area is 176 Å². The first-order chi connectivity index (χ1) is 14.6. The van der Waals surface area contributed by atoms with E-state index in [1.54, 1.807) is 12.1 Å². The van der Waals surface area contributed by atoms with Crippen LogP contribution in [0.1, 0.15) is 34.6 Å². The van der Waals surface area contributed by atoms with Crippen molar-refractivity contribution < 1.29 is 14.6 Å². The number of carbonyl (C=O) groups excluding carboxylic acids is 1. The number of hydrogen-bond donors (Lipinski definition) is 2. The summed E-state index contributed by atoms with van der Waals surface area (Å²) in [7, 11) is 0. The molecule has 1 aliphatic carbocycles. The molecule has 0 saturated heterocycles. The Balaban J connectivity index is 1.29. The van der Waals surface area contributed by atoms with E-state index in [0.717, 1.165) is 11.1 Å². The van der Waals surface area contributed by atoms with E-state index in [1.807, 2.05) is 37.3 Å². The highest BCUT2D eigenvalue weighted by Gasteiger charge is 2.28. The van der Waals surface area contributed by atoms with Crippen molar-refractivity contribution >= 4 is 6.09 Å². The van der Waals surface area contributed by atoms with Gasteiger partial charge in [-0.05, 0) is 52.9 Å². The molecule has 2 N–H and O–H groups in total. The molecule has 3 aromatic rings. The van der Waals surface area contributed by atoms with E-state index >= 15 is 0 Å². The third-order valence-electron chi connectivity index (χ3n) is 5.16. The zero-order chi connectivity index (χ0) is 20.9. The van der Waals surface area contributed by atoms with Gasteiger partial charge in [0.2, 0.25) is 0 Å². The molecule has 4 heteroatoms. The van der Waals surface area contributed by atoms with Crippen molar-refractivity contribution in [1.29, 1.82) is 0 Å². The molecule has 30 heavy (non-hydrogen) atoms. The predicted molar refractivity (Wildman–Crippen MR) is 117 cm³/mol. The van der Waals surface area contributed by atoms with Crippen LogP contribution >= 0.6 is 0 Å². The molecule has 4 nitrogen and oxygen atoms in total. The molecule has 3 aromatic carbocycles. The van der Waals surface area contributed by atoms with Crippen LogP contribution in [0.15, 0.2) is 66.7 Å². The molecule has 0 aromatic heterocycles. The molecular formula is C26H23NO3. The highest BCUT2D eigenvalue weighted by atomic mass is 16.5. The minimum absolute atomic E-state index is 0.0527. The van der Waals surface area contributed by atoms with Crippen LogP contribution in [0.3, 0.4) is 0 Å². The molecule has 0 bridgehead atoms. The van der Waals surface area contributed by atoms with Crippen LogP contribution in [0, 0.1) is 18.8 Å². The number of phenols is 1. The number of amides is 1. The summed E-state index contributed by atoms with van der Waals surface area (Å²) < 4.78 is 5.50. The van der Waals surface area contributed by atoms with Crippen LogP contribution in [0.25, 0.3) is 11.1 Å².